The fraction of sp³-hybridized carbons (Fsp3) is 0.529. The van der Waals surface area contributed by atoms with Gasteiger partial charge in [-0.1, -0.05) is 26.0 Å². The molecule has 1 atom stereocenters. The van der Waals surface area contributed by atoms with Crippen molar-refractivity contribution in [2.45, 2.75) is 45.1 Å². The van der Waals surface area contributed by atoms with Crippen LogP contribution in [-0.4, -0.2) is 23.9 Å². The van der Waals surface area contributed by atoms with Crippen molar-refractivity contribution in [3.63, 3.8) is 0 Å². The van der Waals surface area contributed by atoms with E-state index in [0.29, 0.717) is 5.92 Å². The molecule has 1 heterocycles. The number of nitrogens with one attached hydrogen (secondary N) is 1. The topological polar surface area (TPSA) is 49.4 Å². The van der Waals surface area contributed by atoms with Crippen LogP contribution in [0.25, 0.3) is 0 Å². The molecule has 1 aromatic rings. The van der Waals surface area contributed by atoms with E-state index in [1.807, 2.05) is 25.1 Å². The van der Waals surface area contributed by atoms with Crippen LogP contribution in [0, 0.1) is 5.92 Å². The summed E-state index contributed by atoms with van der Waals surface area (Å²) in [5.74, 6) is 0.628. The minimum Gasteiger partial charge on any atom is -0.340 e. The largest absolute Gasteiger partial charge is 0.340 e. The van der Waals surface area contributed by atoms with Crippen LogP contribution in [0.15, 0.2) is 24.3 Å². The van der Waals surface area contributed by atoms with Gasteiger partial charge in [-0.05, 0) is 49.3 Å². The first kappa shape index (κ1) is 14.1. The predicted octanol–water partition coefficient (Wildman–Crippen LogP) is 2.44. The maximum atomic E-state index is 12.9. The molecule has 112 valence electrons. The second-order valence-corrected chi connectivity index (χ2v) is 6.67. The van der Waals surface area contributed by atoms with Crippen LogP contribution in [-0.2, 0) is 9.59 Å². The summed E-state index contributed by atoms with van der Waals surface area (Å²) < 4.78 is 0. The van der Waals surface area contributed by atoms with Gasteiger partial charge in [-0.15, -0.1) is 0 Å². The summed E-state index contributed by atoms with van der Waals surface area (Å²) in [4.78, 5) is 26.6. The highest BCUT2D eigenvalue weighted by molar-refractivity contribution is 6.09. The summed E-state index contributed by atoms with van der Waals surface area (Å²) >= 11 is 0. The van der Waals surface area contributed by atoms with E-state index in [0.717, 1.165) is 18.5 Å². The van der Waals surface area contributed by atoms with Gasteiger partial charge in [-0.25, -0.2) is 0 Å². The molecule has 2 fully saturated rings. The van der Waals surface area contributed by atoms with Gasteiger partial charge in [0.2, 0.25) is 5.91 Å². The Morgan fingerprint density at radius 1 is 1.29 bits per heavy atom. The lowest BCUT2D eigenvalue weighted by atomic mass is 9.91. The van der Waals surface area contributed by atoms with Crippen LogP contribution in [0.5, 0.6) is 0 Å². The molecule has 1 N–H and O–H groups in total. The number of benzene rings is 1. The second-order valence-electron chi connectivity index (χ2n) is 6.67. The van der Waals surface area contributed by atoms with Crippen molar-refractivity contribution in [2.24, 2.45) is 5.92 Å². The number of anilines is 1. The second kappa shape index (κ2) is 4.86. The predicted molar refractivity (Wildman–Crippen MR) is 82.2 cm³/mol. The van der Waals surface area contributed by atoms with E-state index >= 15 is 0 Å². The minimum atomic E-state index is -0.733. The Labute approximate surface area is 125 Å². The molecule has 0 radical (unpaired) electrons. The summed E-state index contributed by atoms with van der Waals surface area (Å²) in [7, 11) is 0. The molecule has 1 aromatic carbocycles. The van der Waals surface area contributed by atoms with Crippen molar-refractivity contribution in [1.29, 1.82) is 0 Å². The molecule has 3 rings (SSSR count). The standard InChI is InChI=1S/C17H22N2O2/c1-11(2)12-5-4-6-14(9-12)19-10-15(20)18-17(3,16(19)21)13-7-8-13/h4-6,9,11,13H,7-8,10H2,1-3H3,(H,18,20). The van der Waals surface area contributed by atoms with Gasteiger partial charge in [0.1, 0.15) is 12.1 Å². The maximum absolute atomic E-state index is 12.9. The van der Waals surface area contributed by atoms with Crippen molar-refractivity contribution in [1.82, 2.24) is 5.32 Å². The Morgan fingerprint density at radius 2 is 2.00 bits per heavy atom. The van der Waals surface area contributed by atoms with E-state index in [9.17, 15) is 9.59 Å². The summed E-state index contributed by atoms with van der Waals surface area (Å²) in [5, 5.41) is 2.91. The first-order valence-corrected chi connectivity index (χ1v) is 7.65. The van der Waals surface area contributed by atoms with Gasteiger partial charge in [0.05, 0.1) is 0 Å². The molecule has 1 saturated carbocycles. The van der Waals surface area contributed by atoms with E-state index in [1.165, 1.54) is 5.56 Å². The normalized spacial score (nSPS) is 26.2. The van der Waals surface area contributed by atoms with Gasteiger partial charge in [0.15, 0.2) is 0 Å². The number of hydrogen-bond donors (Lipinski definition) is 1. The fourth-order valence-electron chi connectivity index (χ4n) is 3.08. The Hall–Kier alpha value is -1.84. The molecule has 4 heteroatoms. The zero-order chi connectivity index (χ0) is 15.2. The average molecular weight is 286 g/mol. The van der Waals surface area contributed by atoms with Crippen LogP contribution in [0.2, 0.25) is 0 Å². The van der Waals surface area contributed by atoms with Crippen molar-refractivity contribution >= 4 is 17.5 Å². The molecule has 0 spiro atoms. The lowest BCUT2D eigenvalue weighted by Crippen LogP contribution is -2.66. The Bertz CT molecular complexity index is 592. The van der Waals surface area contributed by atoms with Gasteiger partial charge in [0.25, 0.3) is 5.91 Å². The highest BCUT2D eigenvalue weighted by Crippen LogP contribution is 2.42. The summed E-state index contributed by atoms with van der Waals surface area (Å²) in [6.45, 7) is 6.22. The van der Waals surface area contributed by atoms with Crippen LogP contribution in [0.1, 0.15) is 45.1 Å². The first-order valence-electron chi connectivity index (χ1n) is 7.65. The monoisotopic (exact) mass is 286 g/mol. The number of amides is 2. The molecule has 0 aromatic heterocycles. The third-order valence-corrected chi connectivity index (χ3v) is 4.63. The van der Waals surface area contributed by atoms with Crippen LogP contribution in [0.4, 0.5) is 5.69 Å². The molecule has 1 aliphatic carbocycles. The van der Waals surface area contributed by atoms with Gasteiger partial charge in [-0.3, -0.25) is 9.59 Å². The molecule has 21 heavy (non-hydrogen) atoms. The van der Waals surface area contributed by atoms with Crippen molar-refractivity contribution in [3.05, 3.63) is 29.8 Å². The Kier molecular flexibility index (Phi) is 3.27. The van der Waals surface area contributed by atoms with Gasteiger partial charge in [-0.2, -0.15) is 0 Å². The number of nitrogens with zero attached hydrogens (tertiary/aromatic N) is 1. The van der Waals surface area contributed by atoms with Crippen LogP contribution < -0.4 is 10.2 Å². The molecule has 0 bridgehead atoms. The smallest absolute Gasteiger partial charge is 0.253 e. The van der Waals surface area contributed by atoms with Crippen molar-refractivity contribution < 1.29 is 9.59 Å². The Balaban J connectivity index is 1.95. The molecule has 1 saturated heterocycles. The number of carbonyl (C=O) groups excluding carboxylic acids is 2. The fourth-order valence-corrected chi connectivity index (χ4v) is 3.08. The third kappa shape index (κ3) is 2.43. The number of rotatable bonds is 3. The quantitative estimate of drug-likeness (QED) is 0.928. The molecule has 4 nitrogen and oxygen atoms in total. The van der Waals surface area contributed by atoms with Crippen LogP contribution >= 0.6 is 0 Å². The number of piperazine rings is 1. The van der Waals surface area contributed by atoms with Gasteiger partial charge < -0.3 is 10.2 Å². The first-order chi connectivity index (χ1) is 9.91. The third-order valence-electron chi connectivity index (χ3n) is 4.63. The van der Waals surface area contributed by atoms with Gasteiger partial charge in [0, 0.05) is 5.69 Å². The summed E-state index contributed by atoms with van der Waals surface area (Å²) in [5.41, 5.74) is 1.27. The van der Waals surface area contributed by atoms with E-state index in [2.05, 4.69) is 25.2 Å². The minimum absolute atomic E-state index is 0.0190. The van der Waals surface area contributed by atoms with Crippen LogP contribution in [0.3, 0.4) is 0 Å². The van der Waals surface area contributed by atoms with Crippen molar-refractivity contribution in [2.75, 3.05) is 11.4 Å². The van der Waals surface area contributed by atoms with E-state index < -0.39 is 5.54 Å². The zero-order valence-electron chi connectivity index (χ0n) is 12.8. The molecule has 1 unspecified atom stereocenters. The molecule has 2 amide bonds. The van der Waals surface area contributed by atoms with E-state index in [1.54, 1.807) is 4.90 Å². The molecular formula is C17H22N2O2. The summed E-state index contributed by atoms with van der Waals surface area (Å²) in [6.07, 6.45) is 2.03. The SMILES string of the molecule is CC(C)c1cccc(N2CC(=O)NC(C)(C3CC3)C2=O)c1. The maximum Gasteiger partial charge on any atom is 0.253 e. The van der Waals surface area contributed by atoms with Crippen molar-refractivity contribution in [3.8, 4) is 0 Å². The molecule has 2 aliphatic rings. The van der Waals surface area contributed by atoms with Gasteiger partial charge >= 0.3 is 0 Å². The average Bonchev–Trinajstić information content (AvgIpc) is 3.28. The number of carbonyl (C=O) groups is 2. The molecular weight excluding hydrogens is 264 g/mol. The number of hydrogen-bond acceptors (Lipinski definition) is 2. The zero-order valence-corrected chi connectivity index (χ0v) is 12.8. The lowest BCUT2D eigenvalue weighted by molar-refractivity contribution is -0.136. The lowest BCUT2D eigenvalue weighted by Gasteiger charge is -2.40. The van der Waals surface area contributed by atoms with E-state index in [-0.39, 0.29) is 24.3 Å². The molecule has 1 aliphatic heterocycles. The highest BCUT2D eigenvalue weighted by Gasteiger charge is 2.52. The Morgan fingerprint density at radius 3 is 2.62 bits per heavy atom. The highest BCUT2D eigenvalue weighted by atomic mass is 16.2. The van der Waals surface area contributed by atoms with E-state index in [4.69, 9.17) is 0 Å². The summed E-state index contributed by atoms with van der Waals surface area (Å²) in [6, 6.07) is 7.95.